The summed E-state index contributed by atoms with van der Waals surface area (Å²) in [5, 5.41) is 4.57. The van der Waals surface area contributed by atoms with Gasteiger partial charge in [0.05, 0.1) is 31.4 Å². The molecule has 3 aromatic carbocycles. The Balaban J connectivity index is 1.67. The molecule has 0 spiro atoms. The highest BCUT2D eigenvalue weighted by atomic mass is 35.5. The Hall–Kier alpha value is -3.81. The fourth-order valence-electron chi connectivity index (χ4n) is 5.14. The van der Waals surface area contributed by atoms with Crippen LogP contribution in [-0.4, -0.2) is 49.1 Å². The van der Waals surface area contributed by atoms with Crippen LogP contribution in [0.1, 0.15) is 39.0 Å². The maximum atomic E-state index is 14.2. The molecule has 190 valence electrons. The van der Waals surface area contributed by atoms with Gasteiger partial charge in [-0.1, -0.05) is 48.0 Å². The van der Waals surface area contributed by atoms with Gasteiger partial charge >= 0.3 is 0 Å². The molecule has 1 aromatic heterocycles. The number of amides is 2. The first-order valence-electron chi connectivity index (χ1n) is 12.0. The Bertz CT molecular complexity index is 1480. The standard InChI is InChI=1S/C29H28ClN3O4/c1-17-14-24(25(37-3)15-22(17)30)32-28(34)26-19-9-4-5-10-20(19)29(35)33(12-13-36-2)27(26)21-16-31-23-11-7-6-8-18(21)23/h4-11,14-16,26-27,31H,12-13H2,1-3H3,(H,32,34)/t26-,27-/m1/s1. The van der Waals surface area contributed by atoms with Crippen LogP contribution < -0.4 is 10.1 Å². The van der Waals surface area contributed by atoms with Crippen LogP contribution in [0.3, 0.4) is 0 Å². The summed E-state index contributed by atoms with van der Waals surface area (Å²) in [5.41, 5.74) is 4.32. The van der Waals surface area contributed by atoms with Crippen molar-refractivity contribution in [3.05, 3.63) is 94.1 Å². The predicted octanol–water partition coefficient (Wildman–Crippen LogP) is 5.70. The second kappa shape index (κ2) is 10.3. The quantitative estimate of drug-likeness (QED) is 0.329. The van der Waals surface area contributed by atoms with Crippen molar-refractivity contribution in [1.82, 2.24) is 9.88 Å². The van der Waals surface area contributed by atoms with Crippen molar-refractivity contribution < 1.29 is 19.1 Å². The van der Waals surface area contributed by atoms with Gasteiger partial charge in [0.2, 0.25) is 5.91 Å². The van der Waals surface area contributed by atoms with Crippen LogP contribution in [0.25, 0.3) is 10.9 Å². The van der Waals surface area contributed by atoms with Gasteiger partial charge < -0.3 is 24.7 Å². The maximum Gasteiger partial charge on any atom is 0.254 e. The monoisotopic (exact) mass is 517 g/mol. The van der Waals surface area contributed by atoms with E-state index in [0.717, 1.165) is 22.0 Å². The van der Waals surface area contributed by atoms with Crippen molar-refractivity contribution >= 4 is 40.0 Å². The van der Waals surface area contributed by atoms with E-state index in [1.165, 1.54) is 7.11 Å². The van der Waals surface area contributed by atoms with Crippen molar-refractivity contribution in [2.75, 3.05) is 32.7 Å². The van der Waals surface area contributed by atoms with Crippen molar-refractivity contribution in [2.45, 2.75) is 18.9 Å². The van der Waals surface area contributed by atoms with Crippen LogP contribution in [0.5, 0.6) is 5.75 Å². The van der Waals surface area contributed by atoms with Crippen LogP contribution in [0, 0.1) is 6.92 Å². The third-order valence-corrected chi connectivity index (χ3v) is 7.34. The molecule has 2 N–H and O–H groups in total. The molecule has 0 saturated heterocycles. The molecular weight excluding hydrogens is 490 g/mol. The summed E-state index contributed by atoms with van der Waals surface area (Å²) >= 11 is 6.29. The second-order valence-corrected chi connectivity index (χ2v) is 9.49. The van der Waals surface area contributed by atoms with Gasteiger partial charge in [-0.05, 0) is 36.2 Å². The average Bonchev–Trinajstić information content (AvgIpc) is 3.33. The van der Waals surface area contributed by atoms with E-state index in [-0.39, 0.29) is 11.8 Å². The van der Waals surface area contributed by atoms with E-state index in [9.17, 15) is 9.59 Å². The summed E-state index contributed by atoms with van der Waals surface area (Å²) < 4.78 is 10.9. The number of nitrogens with zero attached hydrogens (tertiary/aromatic N) is 1. The van der Waals surface area contributed by atoms with Crippen molar-refractivity contribution in [3.8, 4) is 5.75 Å². The molecule has 0 aliphatic carbocycles. The number of H-pyrrole nitrogens is 1. The molecular formula is C29H28ClN3O4. The van der Waals surface area contributed by atoms with Gasteiger partial charge in [-0.25, -0.2) is 0 Å². The molecule has 0 unspecified atom stereocenters. The zero-order valence-electron chi connectivity index (χ0n) is 20.9. The number of aryl methyl sites for hydroxylation is 1. The highest BCUT2D eigenvalue weighted by Crippen LogP contribution is 2.45. The second-order valence-electron chi connectivity index (χ2n) is 9.08. The third-order valence-electron chi connectivity index (χ3n) is 6.94. The van der Waals surface area contributed by atoms with E-state index in [2.05, 4.69) is 10.3 Å². The Morgan fingerprint density at radius 2 is 1.84 bits per heavy atom. The number of ether oxygens (including phenoxy) is 2. The van der Waals surface area contributed by atoms with Crippen LogP contribution in [0.2, 0.25) is 5.02 Å². The largest absolute Gasteiger partial charge is 0.495 e. The lowest BCUT2D eigenvalue weighted by Crippen LogP contribution is -2.47. The SMILES string of the molecule is COCCN1C(=O)c2ccccc2[C@@H](C(=O)Nc2cc(C)c(Cl)cc2OC)[C@H]1c1c[nH]c2ccccc12. The van der Waals surface area contributed by atoms with Gasteiger partial charge in [0.25, 0.3) is 5.91 Å². The molecule has 8 heteroatoms. The molecule has 7 nitrogen and oxygen atoms in total. The zero-order chi connectivity index (χ0) is 26.1. The number of aromatic amines is 1. The predicted molar refractivity (Wildman–Crippen MR) is 145 cm³/mol. The van der Waals surface area contributed by atoms with E-state index >= 15 is 0 Å². The van der Waals surface area contributed by atoms with Crippen molar-refractivity contribution in [2.24, 2.45) is 0 Å². The molecule has 0 fully saturated rings. The topological polar surface area (TPSA) is 83.7 Å². The zero-order valence-corrected chi connectivity index (χ0v) is 21.6. The molecule has 2 heterocycles. The highest BCUT2D eigenvalue weighted by Gasteiger charge is 2.45. The summed E-state index contributed by atoms with van der Waals surface area (Å²) in [7, 11) is 3.13. The van der Waals surface area contributed by atoms with Gasteiger partial charge in [-0.2, -0.15) is 0 Å². The summed E-state index contributed by atoms with van der Waals surface area (Å²) in [6.07, 6.45) is 1.89. The number of hydrogen-bond donors (Lipinski definition) is 2. The maximum absolute atomic E-state index is 14.2. The van der Waals surface area contributed by atoms with Crippen LogP contribution >= 0.6 is 11.6 Å². The van der Waals surface area contributed by atoms with E-state index in [0.29, 0.717) is 40.7 Å². The Morgan fingerprint density at radius 3 is 2.62 bits per heavy atom. The number of methoxy groups -OCH3 is 2. The number of carbonyl (C=O) groups excluding carboxylic acids is 2. The molecule has 1 aliphatic heterocycles. The van der Waals surface area contributed by atoms with Gasteiger partial charge in [0.1, 0.15) is 5.75 Å². The molecule has 0 bridgehead atoms. The number of aromatic nitrogens is 1. The number of halogens is 1. The number of benzene rings is 3. The van der Waals surface area contributed by atoms with Gasteiger partial charge in [-0.15, -0.1) is 0 Å². The fourth-order valence-corrected chi connectivity index (χ4v) is 5.29. The number of para-hydroxylation sites is 1. The van der Waals surface area contributed by atoms with Crippen molar-refractivity contribution in [3.63, 3.8) is 0 Å². The average molecular weight is 518 g/mol. The number of carbonyl (C=O) groups is 2. The van der Waals surface area contributed by atoms with Gasteiger partial charge in [0, 0.05) is 53.0 Å². The summed E-state index contributed by atoms with van der Waals surface area (Å²) in [4.78, 5) is 33.0. The van der Waals surface area contributed by atoms with E-state index < -0.39 is 12.0 Å². The van der Waals surface area contributed by atoms with Gasteiger partial charge in [-0.3, -0.25) is 9.59 Å². The number of anilines is 1. The molecule has 1 aliphatic rings. The van der Waals surface area contributed by atoms with E-state index in [1.807, 2.05) is 55.6 Å². The smallest absolute Gasteiger partial charge is 0.254 e. The third kappa shape index (κ3) is 4.45. The normalized spacial score (nSPS) is 17.1. The molecule has 2 atom stereocenters. The van der Waals surface area contributed by atoms with Crippen LogP contribution in [0.4, 0.5) is 5.69 Å². The number of hydrogen-bond acceptors (Lipinski definition) is 4. The number of rotatable bonds is 7. The fraction of sp³-hybridized carbons (Fsp3) is 0.241. The van der Waals surface area contributed by atoms with Gasteiger partial charge in [0.15, 0.2) is 0 Å². The number of nitrogens with one attached hydrogen (secondary N) is 2. The van der Waals surface area contributed by atoms with Crippen LogP contribution in [-0.2, 0) is 9.53 Å². The molecule has 0 saturated carbocycles. The van der Waals surface area contributed by atoms with E-state index in [1.54, 1.807) is 30.2 Å². The Kier molecular flexibility index (Phi) is 6.91. The molecule has 37 heavy (non-hydrogen) atoms. The summed E-state index contributed by atoms with van der Waals surface area (Å²) in [6.45, 7) is 2.54. The first-order valence-corrected chi connectivity index (χ1v) is 12.4. The summed E-state index contributed by atoms with van der Waals surface area (Å²) in [6, 6.07) is 18.1. The molecule has 0 radical (unpaired) electrons. The number of fused-ring (bicyclic) bond motifs is 2. The first kappa shape index (κ1) is 24.9. The summed E-state index contributed by atoms with van der Waals surface area (Å²) in [5.74, 6) is -0.612. The minimum atomic E-state index is -0.689. The molecule has 4 aromatic rings. The lowest BCUT2D eigenvalue weighted by atomic mass is 9.79. The molecule has 5 rings (SSSR count). The van der Waals surface area contributed by atoms with E-state index in [4.69, 9.17) is 21.1 Å². The minimum Gasteiger partial charge on any atom is -0.495 e. The van der Waals surface area contributed by atoms with Crippen LogP contribution in [0.15, 0.2) is 66.9 Å². The molecule has 2 amide bonds. The van der Waals surface area contributed by atoms with Crippen molar-refractivity contribution in [1.29, 1.82) is 0 Å². The Morgan fingerprint density at radius 1 is 1.08 bits per heavy atom. The Labute approximate surface area is 220 Å². The lowest BCUT2D eigenvalue weighted by Gasteiger charge is -2.41. The first-order chi connectivity index (χ1) is 17.9. The highest BCUT2D eigenvalue weighted by molar-refractivity contribution is 6.31. The lowest BCUT2D eigenvalue weighted by molar-refractivity contribution is -0.119. The minimum absolute atomic E-state index is 0.133.